The van der Waals surface area contributed by atoms with Gasteiger partial charge in [-0.25, -0.2) is 0 Å². The maximum Gasteiger partial charge on any atom is 0.262 e. The highest BCUT2D eigenvalue weighted by Crippen LogP contribution is 2.30. The molecule has 1 atom stereocenters. The van der Waals surface area contributed by atoms with E-state index in [0.717, 1.165) is 39.8 Å². The fourth-order valence-electron chi connectivity index (χ4n) is 4.02. The molecule has 8 nitrogen and oxygen atoms in total. The Bertz CT molecular complexity index is 1030. The lowest BCUT2D eigenvalue weighted by molar-refractivity contribution is -0.136. The minimum atomic E-state index is -0.931. The summed E-state index contributed by atoms with van der Waals surface area (Å²) in [6.45, 7) is 0.844. The van der Waals surface area contributed by atoms with Crippen molar-refractivity contribution in [3.05, 3.63) is 50.9 Å². The number of piperidine rings is 1. The van der Waals surface area contributed by atoms with E-state index in [0.29, 0.717) is 17.5 Å². The molecule has 0 saturated carbocycles. The molecule has 4 rings (SSSR count). The zero-order valence-electron chi connectivity index (χ0n) is 16.3. The summed E-state index contributed by atoms with van der Waals surface area (Å²) in [6.07, 6.45) is 7.62. The SMILES string of the molecule is O=C1CCC(N2C(=O)c3cccc(CCCCCn4cc(I)cn4)c3C2=O)C(=O)N1. The lowest BCUT2D eigenvalue weighted by Gasteiger charge is -2.27. The normalized spacial score (nSPS) is 18.7. The third-order valence-electron chi connectivity index (χ3n) is 5.49. The number of benzene rings is 1. The number of fused-ring (bicyclic) bond motifs is 1. The van der Waals surface area contributed by atoms with Crippen molar-refractivity contribution in [2.24, 2.45) is 0 Å². The average Bonchev–Trinajstić information content (AvgIpc) is 3.24. The number of hydrogen-bond donors (Lipinski definition) is 1. The van der Waals surface area contributed by atoms with Gasteiger partial charge >= 0.3 is 0 Å². The van der Waals surface area contributed by atoms with Gasteiger partial charge in [-0.2, -0.15) is 5.10 Å². The van der Waals surface area contributed by atoms with Gasteiger partial charge in [-0.15, -0.1) is 0 Å². The number of rotatable bonds is 7. The monoisotopic (exact) mass is 520 g/mol. The Morgan fingerprint density at radius 2 is 1.93 bits per heavy atom. The summed E-state index contributed by atoms with van der Waals surface area (Å²) < 4.78 is 3.03. The van der Waals surface area contributed by atoms with Crippen LogP contribution in [0.1, 0.15) is 58.4 Å². The van der Waals surface area contributed by atoms with Crippen LogP contribution in [0.2, 0.25) is 0 Å². The number of unbranched alkanes of at least 4 members (excludes halogenated alkanes) is 2. The maximum atomic E-state index is 13.1. The van der Waals surface area contributed by atoms with Crippen LogP contribution in [0.15, 0.2) is 30.6 Å². The first-order valence-electron chi connectivity index (χ1n) is 9.97. The molecule has 0 bridgehead atoms. The van der Waals surface area contributed by atoms with Crippen LogP contribution >= 0.6 is 22.6 Å². The van der Waals surface area contributed by atoms with E-state index in [-0.39, 0.29) is 18.7 Å². The first-order chi connectivity index (χ1) is 14.5. The molecular weight excluding hydrogens is 499 g/mol. The van der Waals surface area contributed by atoms with Crippen LogP contribution in [0.25, 0.3) is 0 Å². The van der Waals surface area contributed by atoms with Gasteiger partial charge in [0.25, 0.3) is 11.8 Å². The number of amides is 4. The Kier molecular flexibility index (Phi) is 5.98. The van der Waals surface area contributed by atoms with E-state index in [9.17, 15) is 19.2 Å². The highest BCUT2D eigenvalue weighted by Gasteiger charge is 2.45. The zero-order valence-corrected chi connectivity index (χ0v) is 18.4. The van der Waals surface area contributed by atoms with Crippen molar-refractivity contribution >= 4 is 46.2 Å². The summed E-state index contributed by atoms with van der Waals surface area (Å²) in [5.41, 5.74) is 1.57. The summed E-state index contributed by atoms with van der Waals surface area (Å²) in [4.78, 5) is 50.5. The summed E-state index contributed by atoms with van der Waals surface area (Å²) in [5, 5.41) is 6.49. The number of carbonyl (C=O) groups is 4. The van der Waals surface area contributed by atoms with E-state index in [1.165, 1.54) is 0 Å². The number of aryl methyl sites for hydroxylation is 2. The van der Waals surface area contributed by atoms with E-state index in [4.69, 9.17) is 0 Å². The molecule has 4 amide bonds. The first-order valence-corrected chi connectivity index (χ1v) is 11.0. The van der Waals surface area contributed by atoms with Crippen LogP contribution in [0.4, 0.5) is 0 Å². The molecule has 2 aromatic rings. The Balaban J connectivity index is 1.41. The Morgan fingerprint density at radius 3 is 2.67 bits per heavy atom. The highest BCUT2D eigenvalue weighted by atomic mass is 127. The molecule has 9 heteroatoms. The second-order valence-corrected chi connectivity index (χ2v) is 8.76. The van der Waals surface area contributed by atoms with E-state index in [1.807, 2.05) is 23.1 Å². The van der Waals surface area contributed by atoms with Crippen LogP contribution in [-0.2, 0) is 22.6 Å². The number of carbonyl (C=O) groups excluding carboxylic acids is 4. The molecule has 3 heterocycles. The van der Waals surface area contributed by atoms with Crippen molar-refractivity contribution in [2.45, 2.75) is 51.1 Å². The van der Waals surface area contributed by atoms with E-state index >= 15 is 0 Å². The van der Waals surface area contributed by atoms with Gasteiger partial charge in [0.1, 0.15) is 6.04 Å². The predicted molar refractivity (Wildman–Crippen MR) is 116 cm³/mol. The fourth-order valence-corrected chi connectivity index (χ4v) is 4.47. The van der Waals surface area contributed by atoms with Crippen LogP contribution in [0, 0.1) is 3.57 Å². The number of halogens is 1. The molecule has 2 aliphatic rings. The van der Waals surface area contributed by atoms with Crippen LogP contribution in [0.5, 0.6) is 0 Å². The third-order valence-corrected chi connectivity index (χ3v) is 6.05. The van der Waals surface area contributed by atoms with Crippen molar-refractivity contribution in [1.82, 2.24) is 20.0 Å². The summed E-state index contributed by atoms with van der Waals surface area (Å²) in [6, 6.07) is 4.34. The van der Waals surface area contributed by atoms with Gasteiger partial charge in [0.05, 0.1) is 20.9 Å². The second kappa shape index (κ2) is 8.66. The molecular formula is C21H21IN4O4. The molecule has 156 valence electrons. The van der Waals surface area contributed by atoms with Crippen LogP contribution < -0.4 is 5.32 Å². The van der Waals surface area contributed by atoms with Crippen molar-refractivity contribution in [2.75, 3.05) is 0 Å². The molecule has 2 aliphatic heterocycles. The molecule has 1 unspecified atom stereocenters. The van der Waals surface area contributed by atoms with Gasteiger partial charge in [0.15, 0.2) is 0 Å². The van der Waals surface area contributed by atoms with Crippen molar-refractivity contribution < 1.29 is 19.2 Å². The molecule has 0 spiro atoms. The molecule has 1 N–H and O–H groups in total. The molecule has 0 radical (unpaired) electrons. The van der Waals surface area contributed by atoms with Crippen molar-refractivity contribution in [3.8, 4) is 0 Å². The molecule has 30 heavy (non-hydrogen) atoms. The number of aromatic nitrogens is 2. The average molecular weight is 520 g/mol. The standard InChI is InChI=1S/C21H21IN4O4/c22-14-11-23-25(12-14)10-3-1-2-5-13-6-4-7-15-18(13)21(30)26(20(15)29)16-8-9-17(27)24-19(16)28/h4,6-7,11-12,16H,1-3,5,8-10H2,(H,24,27,28). The quantitative estimate of drug-likeness (QED) is 0.343. The fraction of sp³-hybridized carbons (Fsp3) is 0.381. The van der Waals surface area contributed by atoms with Crippen molar-refractivity contribution in [1.29, 1.82) is 0 Å². The second-order valence-electron chi connectivity index (χ2n) is 7.52. The largest absolute Gasteiger partial charge is 0.295 e. The summed E-state index contributed by atoms with van der Waals surface area (Å²) in [7, 11) is 0. The minimum Gasteiger partial charge on any atom is -0.295 e. The maximum absolute atomic E-state index is 13.1. The Labute approximate surface area is 187 Å². The Hall–Kier alpha value is -2.56. The van der Waals surface area contributed by atoms with Gasteiger partial charge in [0, 0.05) is 19.2 Å². The summed E-state index contributed by atoms with van der Waals surface area (Å²) in [5.74, 6) is -1.86. The molecule has 0 aliphatic carbocycles. The van der Waals surface area contributed by atoms with Gasteiger partial charge in [-0.1, -0.05) is 18.6 Å². The van der Waals surface area contributed by atoms with Crippen LogP contribution in [-0.4, -0.2) is 44.4 Å². The van der Waals surface area contributed by atoms with Crippen LogP contribution in [0.3, 0.4) is 0 Å². The predicted octanol–water partition coefficient (Wildman–Crippen LogP) is 2.30. The number of hydrogen-bond acceptors (Lipinski definition) is 5. The van der Waals surface area contributed by atoms with E-state index in [1.54, 1.807) is 12.1 Å². The molecule has 1 aromatic heterocycles. The third kappa shape index (κ3) is 4.03. The lowest BCUT2D eigenvalue weighted by Crippen LogP contribution is -2.54. The van der Waals surface area contributed by atoms with E-state index < -0.39 is 23.8 Å². The highest BCUT2D eigenvalue weighted by molar-refractivity contribution is 14.1. The zero-order chi connectivity index (χ0) is 21.3. The number of imide groups is 2. The summed E-state index contributed by atoms with van der Waals surface area (Å²) >= 11 is 2.23. The van der Waals surface area contributed by atoms with E-state index in [2.05, 4.69) is 33.0 Å². The first kappa shape index (κ1) is 20.7. The Morgan fingerprint density at radius 1 is 1.10 bits per heavy atom. The number of nitrogens with one attached hydrogen (secondary N) is 1. The van der Waals surface area contributed by atoms with Gasteiger partial charge in [-0.05, 0) is 59.9 Å². The number of nitrogens with zero attached hydrogens (tertiary/aromatic N) is 3. The smallest absolute Gasteiger partial charge is 0.262 e. The lowest BCUT2D eigenvalue weighted by atomic mass is 9.98. The topological polar surface area (TPSA) is 101 Å². The van der Waals surface area contributed by atoms with Gasteiger partial charge < -0.3 is 0 Å². The molecule has 1 fully saturated rings. The minimum absolute atomic E-state index is 0.117. The van der Waals surface area contributed by atoms with Crippen molar-refractivity contribution in [3.63, 3.8) is 0 Å². The molecule has 1 saturated heterocycles. The molecule has 1 aromatic carbocycles. The van der Waals surface area contributed by atoms with Gasteiger partial charge in [-0.3, -0.25) is 34.1 Å². The van der Waals surface area contributed by atoms with Gasteiger partial charge in [0.2, 0.25) is 11.8 Å².